The average Bonchev–Trinajstić information content (AvgIpc) is 2.89. The van der Waals surface area contributed by atoms with Crippen molar-refractivity contribution in [1.29, 1.82) is 0 Å². The quantitative estimate of drug-likeness (QED) is 0.452. The molecular weight excluding hydrogens is 442 g/mol. The first-order valence-electron chi connectivity index (χ1n) is 8.26. The van der Waals surface area contributed by atoms with E-state index < -0.39 is 6.03 Å². The number of carbonyl (C=O) groups is 1. The van der Waals surface area contributed by atoms with Gasteiger partial charge in [0.15, 0.2) is 0 Å². The van der Waals surface area contributed by atoms with E-state index >= 15 is 0 Å². The van der Waals surface area contributed by atoms with Crippen LogP contribution < -0.4 is 10.6 Å². The molecule has 0 spiro atoms. The van der Waals surface area contributed by atoms with E-state index in [1.165, 1.54) is 0 Å². The Morgan fingerprint density at radius 2 is 1.75 bits per heavy atom. The van der Waals surface area contributed by atoms with Crippen LogP contribution in [0.25, 0.3) is 0 Å². The van der Waals surface area contributed by atoms with Crippen LogP contribution in [-0.2, 0) is 6.54 Å². The molecule has 0 aliphatic rings. The first-order chi connectivity index (χ1) is 13.3. The number of carbonyl (C=O) groups excluding carboxylic acids is 1. The highest BCUT2D eigenvalue weighted by molar-refractivity contribution is 6.44. The van der Waals surface area contributed by atoms with Gasteiger partial charge in [0.05, 0.1) is 49.4 Å². The van der Waals surface area contributed by atoms with Crippen molar-refractivity contribution in [2.45, 2.75) is 20.4 Å². The molecule has 2 aromatic carbocycles. The fourth-order valence-corrected chi connectivity index (χ4v) is 3.38. The molecule has 2 amide bonds. The van der Waals surface area contributed by atoms with Gasteiger partial charge in [0.1, 0.15) is 0 Å². The van der Waals surface area contributed by atoms with Gasteiger partial charge in [-0.05, 0) is 43.7 Å². The first-order valence-corrected chi connectivity index (χ1v) is 9.77. The second-order valence-electron chi connectivity index (χ2n) is 6.13. The van der Waals surface area contributed by atoms with Gasteiger partial charge in [0.25, 0.3) is 0 Å². The summed E-state index contributed by atoms with van der Waals surface area (Å²) < 4.78 is 1.79. The van der Waals surface area contributed by atoms with Crippen LogP contribution in [0.15, 0.2) is 36.4 Å². The molecule has 0 aliphatic heterocycles. The summed E-state index contributed by atoms with van der Waals surface area (Å²) in [5.41, 5.74) is 3.48. The number of anilines is 2. The van der Waals surface area contributed by atoms with Gasteiger partial charge in [0.2, 0.25) is 0 Å². The van der Waals surface area contributed by atoms with Crippen molar-refractivity contribution in [1.82, 2.24) is 9.78 Å². The summed E-state index contributed by atoms with van der Waals surface area (Å²) in [6, 6.07) is 9.99. The van der Waals surface area contributed by atoms with Gasteiger partial charge in [0, 0.05) is 0 Å². The van der Waals surface area contributed by atoms with Gasteiger partial charge >= 0.3 is 6.03 Å². The molecule has 0 bridgehead atoms. The zero-order valence-electron chi connectivity index (χ0n) is 15.0. The third-order valence-corrected chi connectivity index (χ3v) is 5.69. The predicted octanol–water partition coefficient (Wildman–Crippen LogP) is 6.81. The molecule has 1 aromatic heterocycles. The molecule has 146 valence electrons. The third-order valence-electron chi connectivity index (χ3n) is 4.14. The highest BCUT2D eigenvalue weighted by Gasteiger charge is 2.16. The van der Waals surface area contributed by atoms with E-state index in [-0.39, 0.29) is 5.02 Å². The van der Waals surface area contributed by atoms with E-state index in [4.69, 9.17) is 46.4 Å². The van der Waals surface area contributed by atoms with E-state index in [0.717, 1.165) is 11.3 Å². The number of rotatable bonds is 4. The number of aromatic nitrogens is 2. The smallest absolute Gasteiger partial charge is 0.306 e. The summed E-state index contributed by atoms with van der Waals surface area (Å²) >= 11 is 24.1. The lowest BCUT2D eigenvalue weighted by Crippen LogP contribution is -2.20. The Bertz CT molecular complexity index is 1050. The summed E-state index contributed by atoms with van der Waals surface area (Å²) in [6.07, 6.45) is 0. The van der Waals surface area contributed by atoms with Crippen LogP contribution in [-0.4, -0.2) is 15.8 Å². The van der Waals surface area contributed by atoms with Crippen molar-refractivity contribution in [3.05, 3.63) is 73.4 Å². The molecule has 0 unspecified atom stereocenters. The fraction of sp³-hybridized carbons (Fsp3) is 0.158. The molecule has 0 fully saturated rings. The predicted molar refractivity (Wildman–Crippen MR) is 116 cm³/mol. The van der Waals surface area contributed by atoms with Crippen molar-refractivity contribution in [2.24, 2.45) is 0 Å². The Kier molecular flexibility index (Phi) is 6.40. The minimum Gasteiger partial charge on any atom is -0.306 e. The van der Waals surface area contributed by atoms with E-state index in [0.29, 0.717) is 38.7 Å². The molecule has 28 heavy (non-hydrogen) atoms. The number of aryl methyl sites for hydroxylation is 1. The van der Waals surface area contributed by atoms with Gasteiger partial charge < -0.3 is 10.6 Å². The number of hydrogen-bond acceptors (Lipinski definition) is 2. The largest absolute Gasteiger partial charge is 0.323 e. The number of hydrogen-bond donors (Lipinski definition) is 2. The lowest BCUT2D eigenvalue weighted by atomic mass is 10.2. The van der Waals surface area contributed by atoms with Gasteiger partial charge in [-0.2, -0.15) is 5.10 Å². The Morgan fingerprint density at radius 3 is 2.46 bits per heavy atom. The van der Waals surface area contributed by atoms with Crippen molar-refractivity contribution in [2.75, 3.05) is 10.6 Å². The number of benzene rings is 2. The van der Waals surface area contributed by atoms with Gasteiger partial charge in [-0.1, -0.05) is 58.5 Å². The van der Waals surface area contributed by atoms with Crippen LogP contribution in [0.3, 0.4) is 0 Å². The van der Waals surface area contributed by atoms with Crippen LogP contribution in [0.4, 0.5) is 16.2 Å². The van der Waals surface area contributed by atoms with Crippen LogP contribution in [0, 0.1) is 13.8 Å². The highest BCUT2D eigenvalue weighted by atomic mass is 35.5. The second kappa shape index (κ2) is 8.62. The topological polar surface area (TPSA) is 59.0 Å². The lowest BCUT2D eigenvalue weighted by molar-refractivity contribution is 0.262. The Hall–Kier alpha value is -1.92. The monoisotopic (exact) mass is 456 g/mol. The maximum Gasteiger partial charge on any atom is 0.323 e. The van der Waals surface area contributed by atoms with Crippen LogP contribution >= 0.6 is 46.4 Å². The number of nitrogens with one attached hydrogen (secondary N) is 2. The molecule has 3 rings (SSSR count). The Morgan fingerprint density at radius 1 is 1.00 bits per heavy atom. The fourth-order valence-electron chi connectivity index (χ4n) is 2.71. The highest BCUT2D eigenvalue weighted by Crippen LogP contribution is 2.30. The minimum absolute atomic E-state index is 0.281. The zero-order valence-corrected chi connectivity index (χ0v) is 18.0. The van der Waals surface area contributed by atoms with Crippen molar-refractivity contribution >= 4 is 63.8 Å². The maximum absolute atomic E-state index is 12.4. The number of amides is 2. The molecule has 0 radical (unpaired) electrons. The van der Waals surface area contributed by atoms with Crippen molar-refractivity contribution in [3.8, 4) is 0 Å². The SMILES string of the molecule is Cc1nn(Cc2ccc(Cl)c(Cl)c2)c(C)c1NC(=O)Nc1cccc(Cl)c1Cl. The summed E-state index contributed by atoms with van der Waals surface area (Å²) in [6.45, 7) is 4.19. The summed E-state index contributed by atoms with van der Waals surface area (Å²) in [5, 5.41) is 11.6. The third kappa shape index (κ3) is 4.55. The summed E-state index contributed by atoms with van der Waals surface area (Å²) in [7, 11) is 0. The molecule has 0 saturated heterocycles. The average molecular weight is 458 g/mol. The molecule has 3 aromatic rings. The maximum atomic E-state index is 12.4. The van der Waals surface area contributed by atoms with E-state index in [9.17, 15) is 4.79 Å². The number of halogens is 4. The van der Waals surface area contributed by atoms with Crippen LogP contribution in [0.2, 0.25) is 20.1 Å². The zero-order chi connectivity index (χ0) is 20.4. The van der Waals surface area contributed by atoms with Gasteiger partial charge in [-0.15, -0.1) is 0 Å². The van der Waals surface area contributed by atoms with Crippen molar-refractivity contribution in [3.63, 3.8) is 0 Å². The molecule has 0 atom stereocenters. The summed E-state index contributed by atoms with van der Waals surface area (Å²) in [4.78, 5) is 12.4. The first kappa shape index (κ1) is 20.8. The lowest BCUT2D eigenvalue weighted by Gasteiger charge is -2.10. The van der Waals surface area contributed by atoms with Crippen LogP contribution in [0.5, 0.6) is 0 Å². The van der Waals surface area contributed by atoms with E-state index in [1.54, 1.807) is 35.0 Å². The molecule has 0 saturated carbocycles. The number of nitrogens with zero attached hydrogens (tertiary/aromatic N) is 2. The molecule has 5 nitrogen and oxygen atoms in total. The molecule has 2 N–H and O–H groups in total. The van der Waals surface area contributed by atoms with Gasteiger partial charge in [-0.3, -0.25) is 4.68 Å². The normalized spacial score (nSPS) is 10.8. The standard InChI is InChI=1S/C19H16Cl4N4O/c1-10-18(25-19(28)24-16-5-3-4-14(21)17(16)23)11(2)27(26-10)9-12-6-7-13(20)15(22)8-12/h3-8H,9H2,1-2H3,(H2,24,25,28). The van der Waals surface area contributed by atoms with E-state index in [2.05, 4.69) is 15.7 Å². The van der Waals surface area contributed by atoms with Crippen LogP contribution in [0.1, 0.15) is 17.0 Å². The Balaban J connectivity index is 1.76. The minimum atomic E-state index is -0.440. The summed E-state index contributed by atoms with van der Waals surface area (Å²) in [5.74, 6) is 0. The Labute approximate surface area is 182 Å². The molecule has 1 heterocycles. The van der Waals surface area contributed by atoms with Crippen molar-refractivity contribution < 1.29 is 4.79 Å². The van der Waals surface area contributed by atoms with E-state index in [1.807, 2.05) is 19.9 Å². The number of urea groups is 1. The molecule has 9 heteroatoms. The van der Waals surface area contributed by atoms with Gasteiger partial charge in [-0.25, -0.2) is 4.79 Å². The second-order valence-corrected chi connectivity index (χ2v) is 7.73. The molecule has 0 aliphatic carbocycles. The molecular formula is C19H16Cl4N4O.